The molecule has 2 aromatic rings. The fraction of sp³-hybridized carbons (Fsp3) is 0.125. The lowest BCUT2D eigenvalue weighted by Crippen LogP contribution is -2.05. The van der Waals surface area contributed by atoms with Crippen LogP contribution in [0.3, 0.4) is 0 Å². The second-order valence-electron chi connectivity index (χ2n) is 4.73. The number of hydrogen-bond donors (Lipinski definition) is 2. The molecule has 2 aromatic carbocycles. The van der Waals surface area contributed by atoms with E-state index in [1.54, 1.807) is 12.1 Å². The van der Waals surface area contributed by atoms with Crippen molar-refractivity contribution in [2.45, 2.75) is 0 Å². The third kappa shape index (κ3) is 3.67. The number of azo groups is 1. The molecule has 0 radical (unpaired) electrons. The van der Waals surface area contributed by atoms with Gasteiger partial charge in [-0.1, -0.05) is 0 Å². The van der Waals surface area contributed by atoms with Crippen molar-refractivity contribution in [2.75, 3.05) is 25.7 Å². The van der Waals surface area contributed by atoms with Gasteiger partial charge in [0.2, 0.25) is 0 Å². The van der Waals surface area contributed by atoms with Crippen LogP contribution in [0.2, 0.25) is 0 Å². The Balaban J connectivity index is 2.31. The van der Waals surface area contributed by atoms with Crippen LogP contribution < -0.4 is 11.5 Å². The number of benzene rings is 2. The summed E-state index contributed by atoms with van der Waals surface area (Å²) in [4.78, 5) is 23.2. The molecule has 0 unspecified atom stereocenters. The molecule has 0 aliphatic heterocycles. The van der Waals surface area contributed by atoms with Crippen molar-refractivity contribution in [1.82, 2.24) is 0 Å². The van der Waals surface area contributed by atoms with E-state index >= 15 is 0 Å². The lowest BCUT2D eigenvalue weighted by Gasteiger charge is -2.05. The minimum Gasteiger partial charge on any atom is -0.465 e. The summed E-state index contributed by atoms with van der Waals surface area (Å²) < 4.78 is 9.29. The normalized spacial score (nSPS) is 10.6. The molecule has 124 valence electrons. The molecule has 8 heteroatoms. The van der Waals surface area contributed by atoms with Gasteiger partial charge in [-0.25, -0.2) is 9.59 Å². The summed E-state index contributed by atoms with van der Waals surface area (Å²) in [5.74, 6) is -1.13. The standard InChI is InChI=1S/C16H16N4O4/c1-23-15(21)11-7-9(3-5-13(11)17)19-20-10-4-6-14(18)12(8-10)16(22)24-2/h3-8H,17-18H2,1-2H3/b20-19+. The van der Waals surface area contributed by atoms with Crippen molar-refractivity contribution in [3.8, 4) is 0 Å². The zero-order valence-corrected chi connectivity index (χ0v) is 13.1. The number of hydrogen-bond acceptors (Lipinski definition) is 8. The van der Waals surface area contributed by atoms with Crippen molar-refractivity contribution in [2.24, 2.45) is 10.2 Å². The summed E-state index contributed by atoms with van der Waals surface area (Å²) in [6.45, 7) is 0. The van der Waals surface area contributed by atoms with Gasteiger partial charge in [-0.2, -0.15) is 10.2 Å². The Labute approximate surface area is 138 Å². The number of carbonyl (C=O) groups excluding carboxylic acids is 2. The molecule has 0 amide bonds. The Morgan fingerprint density at radius 1 is 0.792 bits per heavy atom. The average Bonchev–Trinajstić information content (AvgIpc) is 2.60. The van der Waals surface area contributed by atoms with Crippen molar-refractivity contribution >= 4 is 34.7 Å². The number of methoxy groups -OCH3 is 2. The van der Waals surface area contributed by atoms with E-state index in [1.165, 1.54) is 38.5 Å². The summed E-state index contributed by atoms with van der Waals surface area (Å²) in [6.07, 6.45) is 0. The molecule has 0 fully saturated rings. The molecule has 0 saturated carbocycles. The summed E-state index contributed by atoms with van der Waals surface area (Å²) in [6, 6.07) is 9.19. The van der Waals surface area contributed by atoms with E-state index in [0.717, 1.165) is 0 Å². The van der Waals surface area contributed by atoms with E-state index in [0.29, 0.717) is 11.4 Å². The van der Waals surface area contributed by atoms with Gasteiger partial charge in [0, 0.05) is 11.4 Å². The first-order chi connectivity index (χ1) is 11.5. The largest absolute Gasteiger partial charge is 0.465 e. The number of ether oxygens (including phenoxy) is 2. The van der Waals surface area contributed by atoms with Crippen molar-refractivity contribution < 1.29 is 19.1 Å². The van der Waals surface area contributed by atoms with Crippen molar-refractivity contribution in [1.29, 1.82) is 0 Å². The molecule has 4 N–H and O–H groups in total. The monoisotopic (exact) mass is 328 g/mol. The molecule has 0 aliphatic rings. The van der Waals surface area contributed by atoms with Gasteiger partial charge < -0.3 is 20.9 Å². The summed E-state index contributed by atoms with van der Waals surface area (Å²) in [5, 5.41) is 8.04. The predicted molar refractivity (Wildman–Crippen MR) is 88.6 cm³/mol. The lowest BCUT2D eigenvalue weighted by molar-refractivity contribution is 0.0593. The maximum atomic E-state index is 11.6. The molecule has 0 heterocycles. The smallest absolute Gasteiger partial charge is 0.340 e. The van der Waals surface area contributed by atoms with E-state index in [-0.39, 0.29) is 22.5 Å². The average molecular weight is 328 g/mol. The highest BCUT2D eigenvalue weighted by Gasteiger charge is 2.12. The minimum absolute atomic E-state index is 0.196. The number of carbonyl (C=O) groups is 2. The van der Waals surface area contributed by atoms with Crippen LogP contribution in [0.25, 0.3) is 0 Å². The number of nitrogens with two attached hydrogens (primary N) is 2. The molecule has 0 saturated heterocycles. The van der Waals surface area contributed by atoms with Gasteiger partial charge in [-0.3, -0.25) is 0 Å². The maximum Gasteiger partial charge on any atom is 0.340 e. The Morgan fingerprint density at radius 2 is 1.17 bits per heavy atom. The summed E-state index contributed by atoms with van der Waals surface area (Å²) in [7, 11) is 2.53. The molecule has 0 aromatic heterocycles. The number of esters is 2. The van der Waals surface area contributed by atoms with Crippen LogP contribution in [0.1, 0.15) is 20.7 Å². The first-order valence-corrected chi connectivity index (χ1v) is 6.83. The van der Waals surface area contributed by atoms with Crippen molar-refractivity contribution in [3.63, 3.8) is 0 Å². The van der Waals surface area contributed by atoms with Crippen LogP contribution >= 0.6 is 0 Å². The van der Waals surface area contributed by atoms with Crippen LogP contribution in [0.5, 0.6) is 0 Å². The quantitative estimate of drug-likeness (QED) is 0.504. The first-order valence-electron chi connectivity index (χ1n) is 6.83. The SMILES string of the molecule is COC(=O)c1cc(/N=N/c2ccc(N)c(C(=O)OC)c2)ccc1N. The van der Waals surface area contributed by atoms with E-state index in [4.69, 9.17) is 11.5 Å². The van der Waals surface area contributed by atoms with E-state index < -0.39 is 11.9 Å². The fourth-order valence-corrected chi connectivity index (χ4v) is 1.90. The molecular weight excluding hydrogens is 312 g/mol. The molecule has 24 heavy (non-hydrogen) atoms. The molecule has 8 nitrogen and oxygen atoms in total. The molecule has 0 atom stereocenters. The molecule has 0 aliphatic carbocycles. The molecule has 0 bridgehead atoms. The molecular formula is C16H16N4O4. The molecule has 2 rings (SSSR count). The maximum absolute atomic E-state index is 11.6. The Hall–Kier alpha value is -3.42. The van der Waals surface area contributed by atoms with Gasteiger partial charge in [-0.15, -0.1) is 0 Å². The lowest BCUT2D eigenvalue weighted by atomic mass is 10.1. The van der Waals surface area contributed by atoms with E-state index in [9.17, 15) is 9.59 Å². The highest BCUT2D eigenvalue weighted by Crippen LogP contribution is 2.25. The first kappa shape index (κ1) is 16.9. The minimum atomic E-state index is -0.565. The van der Waals surface area contributed by atoms with Gasteiger partial charge in [0.05, 0.1) is 36.7 Å². The predicted octanol–water partition coefficient (Wildman–Crippen LogP) is 2.84. The van der Waals surface area contributed by atoms with Crippen LogP contribution in [0.15, 0.2) is 46.6 Å². The Kier molecular flexibility index (Phi) is 5.10. The van der Waals surface area contributed by atoms with Crippen LogP contribution in [0, 0.1) is 0 Å². The van der Waals surface area contributed by atoms with E-state index in [1.807, 2.05) is 0 Å². The third-order valence-electron chi connectivity index (χ3n) is 3.17. The highest BCUT2D eigenvalue weighted by molar-refractivity contribution is 5.96. The fourth-order valence-electron chi connectivity index (χ4n) is 1.90. The molecule has 0 spiro atoms. The van der Waals surface area contributed by atoms with Gasteiger partial charge in [-0.05, 0) is 36.4 Å². The Bertz CT molecular complexity index is 750. The Morgan fingerprint density at radius 3 is 1.50 bits per heavy atom. The topological polar surface area (TPSA) is 129 Å². The third-order valence-corrected chi connectivity index (χ3v) is 3.17. The number of anilines is 2. The number of rotatable bonds is 4. The van der Waals surface area contributed by atoms with Gasteiger partial charge in [0.25, 0.3) is 0 Å². The summed E-state index contributed by atoms with van der Waals surface area (Å²) >= 11 is 0. The zero-order chi connectivity index (χ0) is 17.7. The number of nitrogens with zero attached hydrogens (tertiary/aromatic N) is 2. The second kappa shape index (κ2) is 7.23. The highest BCUT2D eigenvalue weighted by atomic mass is 16.5. The van der Waals surface area contributed by atoms with Crippen LogP contribution in [-0.2, 0) is 9.47 Å². The van der Waals surface area contributed by atoms with Gasteiger partial charge >= 0.3 is 11.9 Å². The van der Waals surface area contributed by atoms with Crippen molar-refractivity contribution in [3.05, 3.63) is 47.5 Å². The van der Waals surface area contributed by atoms with Gasteiger partial charge in [0.15, 0.2) is 0 Å². The second-order valence-corrected chi connectivity index (χ2v) is 4.73. The van der Waals surface area contributed by atoms with Crippen LogP contribution in [-0.4, -0.2) is 26.2 Å². The summed E-state index contributed by atoms with van der Waals surface area (Å²) in [5.41, 5.74) is 13.2. The number of nitrogen functional groups attached to an aromatic ring is 2. The van der Waals surface area contributed by atoms with Gasteiger partial charge in [0.1, 0.15) is 0 Å². The van der Waals surface area contributed by atoms with E-state index in [2.05, 4.69) is 19.7 Å². The van der Waals surface area contributed by atoms with Crippen LogP contribution in [0.4, 0.5) is 22.7 Å². The zero-order valence-electron chi connectivity index (χ0n) is 13.1.